The van der Waals surface area contributed by atoms with E-state index in [1.165, 1.54) is 0 Å². The second-order valence-electron chi connectivity index (χ2n) is 5.36. The van der Waals surface area contributed by atoms with Gasteiger partial charge in [0.05, 0.1) is 17.4 Å². The van der Waals surface area contributed by atoms with Crippen LogP contribution in [-0.2, 0) is 0 Å². The fourth-order valence-electron chi connectivity index (χ4n) is 2.87. The Labute approximate surface area is 124 Å². The van der Waals surface area contributed by atoms with E-state index in [4.69, 9.17) is 0 Å². The van der Waals surface area contributed by atoms with Crippen LogP contribution < -0.4 is 5.32 Å². The van der Waals surface area contributed by atoms with E-state index in [2.05, 4.69) is 10.4 Å². The Kier molecular flexibility index (Phi) is 4.01. The summed E-state index contributed by atoms with van der Waals surface area (Å²) in [7, 11) is 1.93. The molecule has 0 spiro atoms. The summed E-state index contributed by atoms with van der Waals surface area (Å²) >= 11 is 0. The topological polar surface area (TPSA) is 50.2 Å². The Morgan fingerprint density at radius 3 is 2.95 bits per heavy atom. The zero-order valence-electron chi connectivity index (χ0n) is 12.2. The summed E-state index contributed by atoms with van der Waals surface area (Å²) < 4.78 is 1.75. The van der Waals surface area contributed by atoms with Crippen molar-refractivity contribution < 1.29 is 4.79 Å². The number of hydrogen-bond donors (Lipinski definition) is 1. The molecule has 5 heteroatoms. The Morgan fingerprint density at radius 2 is 2.19 bits per heavy atom. The van der Waals surface area contributed by atoms with Crippen LogP contribution in [0.15, 0.2) is 42.7 Å². The lowest BCUT2D eigenvalue weighted by atomic mass is 10.2. The van der Waals surface area contributed by atoms with Crippen LogP contribution in [0.4, 0.5) is 0 Å². The van der Waals surface area contributed by atoms with Crippen LogP contribution in [0, 0.1) is 0 Å². The largest absolute Gasteiger partial charge is 0.334 e. The smallest absolute Gasteiger partial charge is 0.257 e. The van der Waals surface area contributed by atoms with Gasteiger partial charge in [0, 0.05) is 25.3 Å². The fraction of sp³-hybridized carbons (Fsp3) is 0.375. The molecule has 1 unspecified atom stereocenters. The van der Waals surface area contributed by atoms with Gasteiger partial charge in [-0.3, -0.25) is 4.79 Å². The summed E-state index contributed by atoms with van der Waals surface area (Å²) in [4.78, 5) is 14.6. The molecule has 0 saturated carbocycles. The van der Waals surface area contributed by atoms with Gasteiger partial charge < -0.3 is 10.2 Å². The van der Waals surface area contributed by atoms with Crippen LogP contribution in [0.3, 0.4) is 0 Å². The highest BCUT2D eigenvalue weighted by atomic mass is 16.2. The van der Waals surface area contributed by atoms with Crippen molar-refractivity contribution in [1.82, 2.24) is 20.0 Å². The summed E-state index contributed by atoms with van der Waals surface area (Å²) in [6.07, 6.45) is 5.61. The van der Waals surface area contributed by atoms with E-state index in [9.17, 15) is 4.79 Å². The van der Waals surface area contributed by atoms with Gasteiger partial charge >= 0.3 is 0 Å². The molecule has 0 bridgehead atoms. The molecule has 1 fully saturated rings. The van der Waals surface area contributed by atoms with E-state index >= 15 is 0 Å². The molecule has 0 radical (unpaired) electrons. The highest BCUT2D eigenvalue weighted by Crippen LogP contribution is 2.20. The number of amides is 1. The Bertz CT molecular complexity index is 608. The fourth-order valence-corrected chi connectivity index (χ4v) is 2.87. The van der Waals surface area contributed by atoms with E-state index in [0.29, 0.717) is 11.6 Å². The van der Waals surface area contributed by atoms with Crippen molar-refractivity contribution in [2.24, 2.45) is 0 Å². The first-order valence-electron chi connectivity index (χ1n) is 7.35. The molecule has 2 aromatic rings. The lowest BCUT2D eigenvalue weighted by molar-refractivity contribution is 0.0737. The molecular formula is C16H20N4O. The first-order valence-corrected chi connectivity index (χ1v) is 7.35. The van der Waals surface area contributed by atoms with Crippen LogP contribution in [0.1, 0.15) is 23.2 Å². The number of nitrogens with zero attached hydrogens (tertiary/aromatic N) is 3. The first-order chi connectivity index (χ1) is 10.3. The van der Waals surface area contributed by atoms with Crippen LogP contribution in [-0.4, -0.2) is 46.8 Å². The van der Waals surface area contributed by atoms with E-state index in [1.54, 1.807) is 10.9 Å². The Morgan fingerprint density at radius 1 is 1.38 bits per heavy atom. The van der Waals surface area contributed by atoms with Gasteiger partial charge in [-0.2, -0.15) is 5.10 Å². The number of carbonyl (C=O) groups excluding carboxylic acids is 1. The van der Waals surface area contributed by atoms with Gasteiger partial charge in [0.1, 0.15) is 0 Å². The quantitative estimate of drug-likeness (QED) is 0.929. The molecule has 5 nitrogen and oxygen atoms in total. The van der Waals surface area contributed by atoms with Crippen LogP contribution in [0.2, 0.25) is 0 Å². The molecule has 1 aromatic heterocycles. The normalized spacial score (nSPS) is 18.1. The predicted octanol–water partition coefficient (Wildman–Crippen LogP) is 1.70. The second kappa shape index (κ2) is 6.10. The van der Waals surface area contributed by atoms with Gasteiger partial charge in [0.25, 0.3) is 5.91 Å². The summed E-state index contributed by atoms with van der Waals surface area (Å²) in [5, 5.41) is 7.47. The summed E-state index contributed by atoms with van der Waals surface area (Å²) in [6, 6.07) is 10.1. The molecule has 1 aliphatic heterocycles. The minimum Gasteiger partial charge on any atom is -0.334 e. The minimum absolute atomic E-state index is 0.0786. The molecule has 1 N–H and O–H groups in total. The molecule has 3 rings (SSSR count). The van der Waals surface area contributed by atoms with Crippen molar-refractivity contribution >= 4 is 5.91 Å². The van der Waals surface area contributed by atoms with Gasteiger partial charge in [-0.15, -0.1) is 0 Å². The number of carbonyl (C=O) groups is 1. The SMILES string of the molecule is CNCC1CCCN1C(=O)c1cnn(-c2ccccc2)c1. The average Bonchev–Trinajstić information content (AvgIpc) is 3.17. The zero-order valence-corrected chi connectivity index (χ0v) is 12.2. The van der Waals surface area contributed by atoms with Crippen molar-refractivity contribution in [2.75, 3.05) is 20.1 Å². The highest BCUT2D eigenvalue weighted by Gasteiger charge is 2.29. The van der Waals surface area contributed by atoms with Crippen LogP contribution in [0.25, 0.3) is 5.69 Å². The average molecular weight is 284 g/mol. The maximum atomic E-state index is 12.6. The number of hydrogen-bond acceptors (Lipinski definition) is 3. The maximum Gasteiger partial charge on any atom is 0.257 e. The summed E-state index contributed by atoms with van der Waals surface area (Å²) in [5.74, 6) is 0.0786. The predicted molar refractivity (Wildman–Crippen MR) is 81.5 cm³/mol. The highest BCUT2D eigenvalue weighted by molar-refractivity contribution is 5.94. The molecular weight excluding hydrogens is 264 g/mol. The van der Waals surface area contributed by atoms with Crippen molar-refractivity contribution in [3.8, 4) is 5.69 Å². The van der Waals surface area contributed by atoms with Gasteiger partial charge in [-0.25, -0.2) is 4.68 Å². The summed E-state index contributed by atoms with van der Waals surface area (Å²) in [6.45, 7) is 1.68. The van der Waals surface area contributed by atoms with Gasteiger partial charge in [-0.05, 0) is 32.0 Å². The third kappa shape index (κ3) is 2.83. The minimum atomic E-state index is 0.0786. The van der Waals surface area contributed by atoms with Crippen molar-refractivity contribution in [3.63, 3.8) is 0 Å². The Balaban J connectivity index is 1.78. The van der Waals surface area contributed by atoms with Crippen LogP contribution >= 0.6 is 0 Å². The van der Waals surface area contributed by atoms with Crippen molar-refractivity contribution in [2.45, 2.75) is 18.9 Å². The Hall–Kier alpha value is -2.14. The lowest BCUT2D eigenvalue weighted by Gasteiger charge is -2.23. The van der Waals surface area contributed by atoms with Gasteiger partial charge in [0.2, 0.25) is 0 Å². The number of likely N-dealkylation sites (tertiary alicyclic amines) is 1. The van der Waals surface area contributed by atoms with Gasteiger partial charge in [-0.1, -0.05) is 18.2 Å². The lowest BCUT2D eigenvalue weighted by Crippen LogP contribution is -2.40. The maximum absolute atomic E-state index is 12.6. The third-order valence-electron chi connectivity index (χ3n) is 3.93. The van der Waals surface area contributed by atoms with Crippen LogP contribution in [0.5, 0.6) is 0 Å². The molecule has 1 aromatic carbocycles. The standard InChI is InChI=1S/C16H20N4O/c1-17-11-15-8-5-9-19(15)16(21)13-10-18-20(12-13)14-6-3-2-4-7-14/h2-4,6-7,10,12,15,17H,5,8-9,11H2,1H3. The zero-order chi connectivity index (χ0) is 14.7. The number of likely N-dealkylation sites (N-methyl/N-ethyl adjacent to an activating group) is 1. The van der Waals surface area contributed by atoms with E-state index in [1.807, 2.05) is 48.5 Å². The van der Waals surface area contributed by atoms with E-state index < -0.39 is 0 Å². The summed E-state index contributed by atoms with van der Waals surface area (Å²) in [5.41, 5.74) is 1.62. The molecule has 0 aliphatic carbocycles. The molecule has 1 atom stereocenters. The molecule has 1 amide bonds. The second-order valence-corrected chi connectivity index (χ2v) is 5.36. The number of rotatable bonds is 4. The van der Waals surface area contributed by atoms with Gasteiger partial charge in [0.15, 0.2) is 0 Å². The van der Waals surface area contributed by atoms with E-state index in [-0.39, 0.29) is 5.91 Å². The number of nitrogens with one attached hydrogen (secondary N) is 1. The number of aromatic nitrogens is 2. The third-order valence-corrected chi connectivity index (χ3v) is 3.93. The molecule has 1 saturated heterocycles. The molecule has 2 heterocycles. The number of para-hydroxylation sites is 1. The first kappa shape index (κ1) is 13.8. The molecule has 110 valence electrons. The van der Waals surface area contributed by atoms with Crippen molar-refractivity contribution in [1.29, 1.82) is 0 Å². The van der Waals surface area contributed by atoms with E-state index in [0.717, 1.165) is 31.6 Å². The molecule has 21 heavy (non-hydrogen) atoms. The molecule has 1 aliphatic rings. The monoisotopic (exact) mass is 284 g/mol. The van der Waals surface area contributed by atoms with Crippen molar-refractivity contribution in [3.05, 3.63) is 48.3 Å². The number of benzene rings is 1.